The van der Waals surface area contributed by atoms with Crippen LogP contribution >= 0.6 is 0 Å². The molecule has 25 heavy (non-hydrogen) atoms. The van der Waals surface area contributed by atoms with E-state index in [2.05, 4.69) is 21.7 Å². The number of aromatic nitrogens is 1. The second kappa shape index (κ2) is 6.57. The first-order chi connectivity index (χ1) is 12.0. The van der Waals surface area contributed by atoms with Crippen LogP contribution in [0, 0.1) is 24.1 Å². The van der Waals surface area contributed by atoms with Gasteiger partial charge in [0.2, 0.25) is 5.91 Å². The Bertz CT molecular complexity index is 1010. The van der Waals surface area contributed by atoms with E-state index in [4.69, 9.17) is 0 Å². The lowest BCUT2D eigenvalue weighted by molar-refractivity contribution is -0.114. The van der Waals surface area contributed by atoms with Crippen molar-refractivity contribution in [2.45, 2.75) is 13.8 Å². The van der Waals surface area contributed by atoms with Gasteiger partial charge in [-0.1, -0.05) is 0 Å². The van der Waals surface area contributed by atoms with Gasteiger partial charge in [-0.05, 0) is 48.9 Å². The highest BCUT2D eigenvalue weighted by molar-refractivity contribution is 6.00. The number of nitriles is 1. The normalized spacial score (nSPS) is 10.3. The molecule has 0 spiro atoms. The van der Waals surface area contributed by atoms with Crippen LogP contribution in [-0.2, 0) is 4.79 Å². The van der Waals surface area contributed by atoms with Crippen molar-refractivity contribution in [3.63, 3.8) is 0 Å². The van der Waals surface area contributed by atoms with Crippen molar-refractivity contribution in [3.05, 3.63) is 59.5 Å². The number of anilines is 3. The molecular weight excluding hydrogens is 319 g/mol. The van der Waals surface area contributed by atoms with Gasteiger partial charge in [0.25, 0.3) is 0 Å². The number of aryl methyl sites for hydroxylation is 1. The summed E-state index contributed by atoms with van der Waals surface area (Å²) >= 11 is 0. The van der Waals surface area contributed by atoms with Crippen LogP contribution in [0.3, 0.4) is 0 Å². The highest BCUT2D eigenvalue weighted by Gasteiger charge is 2.12. The van der Waals surface area contributed by atoms with Gasteiger partial charge in [0.15, 0.2) is 0 Å². The Balaban J connectivity index is 2.18. The molecule has 3 rings (SSSR count). The summed E-state index contributed by atoms with van der Waals surface area (Å²) < 4.78 is 13.1. The Kier molecular flexibility index (Phi) is 4.31. The van der Waals surface area contributed by atoms with E-state index in [1.54, 1.807) is 18.2 Å². The molecular formula is C19H15FN4O. The van der Waals surface area contributed by atoms with Gasteiger partial charge in [-0.2, -0.15) is 5.26 Å². The lowest BCUT2D eigenvalue weighted by atomic mass is 10.1. The number of benzene rings is 2. The van der Waals surface area contributed by atoms with Crippen LogP contribution in [0.15, 0.2) is 42.6 Å². The van der Waals surface area contributed by atoms with E-state index in [-0.39, 0.29) is 11.7 Å². The molecule has 0 bridgehead atoms. The molecule has 0 aliphatic heterocycles. The maximum absolute atomic E-state index is 13.1. The molecule has 0 saturated heterocycles. The predicted octanol–water partition coefficient (Wildman–Crippen LogP) is 4.26. The highest BCUT2D eigenvalue weighted by Crippen LogP contribution is 2.32. The molecule has 0 aliphatic rings. The van der Waals surface area contributed by atoms with Crippen molar-refractivity contribution in [1.82, 2.24) is 4.98 Å². The summed E-state index contributed by atoms with van der Waals surface area (Å²) in [6.07, 6.45) is 1.49. The average molecular weight is 334 g/mol. The van der Waals surface area contributed by atoms with Crippen molar-refractivity contribution < 1.29 is 9.18 Å². The third kappa shape index (κ3) is 3.40. The highest BCUT2D eigenvalue weighted by atomic mass is 19.1. The largest absolute Gasteiger partial charge is 0.354 e. The molecule has 0 unspecified atom stereocenters. The van der Waals surface area contributed by atoms with E-state index in [9.17, 15) is 14.4 Å². The molecule has 1 aromatic heterocycles. The molecule has 0 saturated carbocycles. The second-order valence-electron chi connectivity index (χ2n) is 5.66. The fourth-order valence-electron chi connectivity index (χ4n) is 2.56. The van der Waals surface area contributed by atoms with Crippen molar-refractivity contribution in [2.75, 3.05) is 10.6 Å². The number of halogens is 1. The SMILES string of the molecule is CC(=O)Nc1cc2c(Nc3ccc(F)cc3)c(C#N)cnc2cc1C. The molecule has 3 aromatic rings. The molecule has 1 amide bonds. The van der Waals surface area contributed by atoms with Gasteiger partial charge in [0, 0.05) is 29.9 Å². The number of nitrogens with one attached hydrogen (secondary N) is 2. The number of nitrogens with zero attached hydrogens (tertiary/aromatic N) is 2. The fraction of sp³-hybridized carbons (Fsp3) is 0.105. The number of carbonyl (C=O) groups is 1. The predicted molar refractivity (Wildman–Crippen MR) is 95.2 cm³/mol. The number of hydrogen-bond donors (Lipinski definition) is 2. The number of rotatable bonds is 3. The Morgan fingerprint density at radius 1 is 1.24 bits per heavy atom. The van der Waals surface area contributed by atoms with Crippen molar-refractivity contribution in [3.8, 4) is 6.07 Å². The third-order valence-electron chi connectivity index (χ3n) is 3.76. The Hall–Kier alpha value is -3.46. The van der Waals surface area contributed by atoms with E-state index >= 15 is 0 Å². The topological polar surface area (TPSA) is 77.8 Å². The Labute approximate surface area is 144 Å². The van der Waals surface area contributed by atoms with Gasteiger partial charge in [0.1, 0.15) is 11.9 Å². The molecule has 6 heteroatoms. The van der Waals surface area contributed by atoms with Gasteiger partial charge in [-0.25, -0.2) is 4.39 Å². The van der Waals surface area contributed by atoms with E-state index in [1.165, 1.54) is 25.3 Å². The lowest BCUT2D eigenvalue weighted by Gasteiger charge is -2.14. The summed E-state index contributed by atoms with van der Waals surface area (Å²) in [7, 11) is 0. The van der Waals surface area contributed by atoms with Crippen LogP contribution < -0.4 is 10.6 Å². The third-order valence-corrected chi connectivity index (χ3v) is 3.76. The van der Waals surface area contributed by atoms with Gasteiger partial charge in [-0.3, -0.25) is 9.78 Å². The lowest BCUT2D eigenvalue weighted by Crippen LogP contribution is -2.07. The van der Waals surface area contributed by atoms with Crippen molar-refractivity contribution in [2.24, 2.45) is 0 Å². The zero-order valence-corrected chi connectivity index (χ0v) is 13.7. The van der Waals surface area contributed by atoms with Crippen LogP contribution in [0.5, 0.6) is 0 Å². The van der Waals surface area contributed by atoms with Crippen LogP contribution in [0.4, 0.5) is 21.5 Å². The summed E-state index contributed by atoms with van der Waals surface area (Å²) in [5, 5.41) is 16.0. The van der Waals surface area contributed by atoms with E-state index in [1.807, 2.05) is 13.0 Å². The van der Waals surface area contributed by atoms with E-state index in [0.717, 1.165) is 5.56 Å². The zero-order chi connectivity index (χ0) is 18.0. The molecule has 2 aromatic carbocycles. The molecule has 0 aliphatic carbocycles. The van der Waals surface area contributed by atoms with Gasteiger partial charge >= 0.3 is 0 Å². The van der Waals surface area contributed by atoms with Gasteiger partial charge in [0.05, 0.1) is 16.8 Å². The average Bonchev–Trinajstić information content (AvgIpc) is 2.58. The van der Waals surface area contributed by atoms with Crippen LogP contribution in [-0.4, -0.2) is 10.9 Å². The van der Waals surface area contributed by atoms with E-state index < -0.39 is 0 Å². The number of hydrogen-bond acceptors (Lipinski definition) is 4. The summed E-state index contributed by atoms with van der Waals surface area (Å²) in [6.45, 7) is 3.31. The maximum atomic E-state index is 13.1. The molecule has 0 atom stereocenters. The molecule has 124 valence electrons. The first kappa shape index (κ1) is 16.4. The zero-order valence-electron chi connectivity index (χ0n) is 13.7. The first-order valence-corrected chi connectivity index (χ1v) is 7.61. The summed E-state index contributed by atoms with van der Waals surface area (Å²) in [5.41, 5.74) is 3.77. The number of carbonyl (C=O) groups excluding carboxylic acids is 1. The summed E-state index contributed by atoms with van der Waals surface area (Å²) in [5.74, 6) is -0.519. The number of amides is 1. The number of fused-ring (bicyclic) bond motifs is 1. The smallest absolute Gasteiger partial charge is 0.221 e. The molecule has 0 radical (unpaired) electrons. The molecule has 5 nitrogen and oxygen atoms in total. The van der Waals surface area contributed by atoms with E-state index in [0.29, 0.717) is 33.5 Å². The minimum atomic E-state index is -0.339. The van der Waals surface area contributed by atoms with Crippen LogP contribution in [0.2, 0.25) is 0 Å². The summed E-state index contributed by atoms with van der Waals surface area (Å²) in [4.78, 5) is 15.7. The van der Waals surface area contributed by atoms with Crippen molar-refractivity contribution >= 4 is 33.9 Å². The second-order valence-corrected chi connectivity index (χ2v) is 5.66. The maximum Gasteiger partial charge on any atom is 0.221 e. The summed E-state index contributed by atoms with van der Waals surface area (Å²) in [6, 6.07) is 11.6. The first-order valence-electron chi connectivity index (χ1n) is 7.61. The minimum absolute atomic E-state index is 0.181. The van der Waals surface area contributed by atoms with Gasteiger partial charge in [-0.15, -0.1) is 0 Å². The Morgan fingerprint density at radius 3 is 2.60 bits per heavy atom. The van der Waals surface area contributed by atoms with Crippen molar-refractivity contribution in [1.29, 1.82) is 5.26 Å². The molecule has 1 heterocycles. The minimum Gasteiger partial charge on any atom is -0.354 e. The fourth-order valence-corrected chi connectivity index (χ4v) is 2.56. The standard InChI is InChI=1S/C19H15FN4O/c1-11-7-18-16(8-17(11)23-12(2)25)19(13(9-21)10-22-18)24-15-5-3-14(20)4-6-15/h3-8,10H,1-2H3,(H,22,24)(H,23,25). The van der Waals surface area contributed by atoms with Gasteiger partial charge < -0.3 is 10.6 Å². The number of pyridine rings is 1. The monoisotopic (exact) mass is 334 g/mol. The Morgan fingerprint density at radius 2 is 1.96 bits per heavy atom. The van der Waals surface area contributed by atoms with Crippen LogP contribution in [0.1, 0.15) is 18.1 Å². The molecule has 0 fully saturated rings. The quantitative estimate of drug-likeness (QED) is 0.750. The van der Waals surface area contributed by atoms with Crippen LogP contribution in [0.25, 0.3) is 10.9 Å². The molecule has 2 N–H and O–H groups in total.